The number of aryl methyl sites for hydroxylation is 1. The van der Waals surface area contributed by atoms with Gasteiger partial charge in [0.25, 0.3) is 5.56 Å². The SMILES string of the molecule is COC(=O)c1ccc2c(=O)[nH]c(COC(=O)c3ccc(C)c(OC)c3)nc2c1. The molecule has 0 spiro atoms. The Kier molecular flexibility index (Phi) is 5.39. The molecule has 0 atom stereocenters. The van der Waals surface area contributed by atoms with Crippen molar-refractivity contribution in [2.24, 2.45) is 0 Å². The van der Waals surface area contributed by atoms with Crippen molar-refractivity contribution in [2.75, 3.05) is 14.2 Å². The molecule has 0 unspecified atom stereocenters. The maximum absolute atomic E-state index is 12.3. The molecule has 1 aromatic heterocycles. The lowest BCUT2D eigenvalue weighted by atomic mass is 10.1. The summed E-state index contributed by atoms with van der Waals surface area (Å²) in [5.41, 5.74) is 1.38. The second-order valence-corrected chi connectivity index (χ2v) is 6.00. The number of fused-ring (bicyclic) bond motifs is 1. The normalized spacial score (nSPS) is 10.5. The lowest BCUT2D eigenvalue weighted by molar-refractivity contribution is 0.0461. The van der Waals surface area contributed by atoms with Crippen LogP contribution in [0.1, 0.15) is 32.1 Å². The first-order valence-electron chi connectivity index (χ1n) is 8.36. The molecule has 2 aromatic carbocycles. The minimum atomic E-state index is -0.579. The van der Waals surface area contributed by atoms with E-state index in [9.17, 15) is 14.4 Å². The number of methoxy groups -OCH3 is 2. The summed E-state index contributed by atoms with van der Waals surface area (Å²) in [4.78, 5) is 43.0. The number of hydrogen-bond donors (Lipinski definition) is 1. The molecule has 0 fully saturated rings. The zero-order valence-corrected chi connectivity index (χ0v) is 15.6. The Bertz CT molecular complexity index is 1120. The molecule has 8 heteroatoms. The smallest absolute Gasteiger partial charge is 0.338 e. The Morgan fingerprint density at radius 3 is 2.46 bits per heavy atom. The van der Waals surface area contributed by atoms with Gasteiger partial charge in [0.05, 0.1) is 36.2 Å². The Morgan fingerprint density at radius 2 is 1.75 bits per heavy atom. The van der Waals surface area contributed by atoms with Crippen molar-refractivity contribution >= 4 is 22.8 Å². The number of carbonyl (C=O) groups excluding carboxylic acids is 2. The number of nitrogens with one attached hydrogen (secondary N) is 1. The van der Waals surface area contributed by atoms with Gasteiger partial charge in [-0.1, -0.05) is 6.07 Å². The predicted octanol–water partition coefficient (Wildman–Crippen LogP) is 2.38. The summed E-state index contributed by atoms with van der Waals surface area (Å²) in [6.07, 6.45) is 0. The average Bonchev–Trinajstić information content (AvgIpc) is 2.71. The van der Waals surface area contributed by atoms with Crippen LogP contribution < -0.4 is 10.3 Å². The first-order valence-corrected chi connectivity index (χ1v) is 8.36. The minimum absolute atomic E-state index is 0.159. The van der Waals surface area contributed by atoms with Crippen molar-refractivity contribution in [3.05, 3.63) is 69.3 Å². The van der Waals surface area contributed by atoms with Gasteiger partial charge in [-0.2, -0.15) is 0 Å². The van der Waals surface area contributed by atoms with E-state index in [0.717, 1.165) is 5.56 Å². The van der Waals surface area contributed by atoms with Crippen LogP contribution in [0.5, 0.6) is 5.75 Å². The summed E-state index contributed by atoms with van der Waals surface area (Å²) in [5, 5.41) is 0.311. The van der Waals surface area contributed by atoms with Crippen LogP contribution in [0, 0.1) is 6.92 Å². The van der Waals surface area contributed by atoms with Crippen LogP contribution in [0.2, 0.25) is 0 Å². The van der Waals surface area contributed by atoms with E-state index in [1.54, 1.807) is 18.2 Å². The lowest BCUT2D eigenvalue weighted by Gasteiger charge is -2.08. The predicted molar refractivity (Wildman–Crippen MR) is 101 cm³/mol. The molecule has 0 aliphatic rings. The highest BCUT2D eigenvalue weighted by Crippen LogP contribution is 2.19. The molecule has 3 rings (SSSR count). The van der Waals surface area contributed by atoms with E-state index in [0.29, 0.717) is 22.2 Å². The van der Waals surface area contributed by atoms with Gasteiger partial charge >= 0.3 is 11.9 Å². The van der Waals surface area contributed by atoms with Gasteiger partial charge in [-0.15, -0.1) is 0 Å². The first-order chi connectivity index (χ1) is 13.4. The fraction of sp³-hybridized carbons (Fsp3) is 0.200. The van der Waals surface area contributed by atoms with E-state index in [4.69, 9.17) is 9.47 Å². The number of nitrogens with zero attached hydrogens (tertiary/aromatic N) is 1. The lowest BCUT2D eigenvalue weighted by Crippen LogP contribution is -2.15. The fourth-order valence-corrected chi connectivity index (χ4v) is 2.67. The van der Waals surface area contributed by atoms with Gasteiger partial charge in [-0.05, 0) is 42.8 Å². The van der Waals surface area contributed by atoms with Gasteiger partial charge in [0.2, 0.25) is 0 Å². The topological polar surface area (TPSA) is 108 Å². The Morgan fingerprint density at radius 1 is 1.04 bits per heavy atom. The van der Waals surface area contributed by atoms with Gasteiger partial charge in [-0.25, -0.2) is 14.6 Å². The molecule has 0 radical (unpaired) electrons. The monoisotopic (exact) mass is 382 g/mol. The Balaban J connectivity index is 1.83. The Hall–Kier alpha value is -3.68. The standard InChI is InChI=1S/C20H18N2O6/c1-11-4-5-13(9-16(11)26-2)20(25)28-10-17-21-15-8-12(19(24)27-3)6-7-14(15)18(23)22-17/h4-9H,10H2,1-3H3,(H,21,22,23). The van der Waals surface area contributed by atoms with Gasteiger partial charge in [-0.3, -0.25) is 4.79 Å². The van der Waals surface area contributed by atoms with Gasteiger partial charge in [0, 0.05) is 0 Å². The van der Waals surface area contributed by atoms with E-state index < -0.39 is 17.5 Å². The quantitative estimate of drug-likeness (QED) is 0.675. The number of rotatable bonds is 5. The van der Waals surface area contributed by atoms with Crippen molar-refractivity contribution in [2.45, 2.75) is 13.5 Å². The summed E-state index contributed by atoms with van der Waals surface area (Å²) in [6.45, 7) is 1.63. The molecule has 144 valence electrons. The molecule has 0 saturated carbocycles. The molecule has 8 nitrogen and oxygen atoms in total. The van der Waals surface area contributed by atoms with Crippen LogP contribution in [-0.4, -0.2) is 36.1 Å². The molecule has 0 saturated heterocycles. The van der Waals surface area contributed by atoms with E-state index in [1.165, 1.54) is 32.4 Å². The summed E-state index contributed by atoms with van der Waals surface area (Å²) >= 11 is 0. The van der Waals surface area contributed by atoms with Gasteiger partial charge in [0.15, 0.2) is 0 Å². The zero-order chi connectivity index (χ0) is 20.3. The molecule has 28 heavy (non-hydrogen) atoms. The number of aromatic nitrogens is 2. The number of carbonyl (C=O) groups is 2. The number of aromatic amines is 1. The van der Waals surface area contributed by atoms with Crippen molar-refractivity contribution in [1.82, 2.24) is 9.97 Å². The van der Waals surface area contributed by atoms with Crippen LogP contribution in [0.4, 0.5) is 0 Å². The number of hydrogen-bond acceptors (Lipinski definition) is 7. The second-order valence-electron chi connectivity index (χ2n) is 6.00. The molecule has 1 N–H and O–H groups in total. The molecule has 0 aliphatic carbocycles. The first kappa shape index (κ1) is 19.1. The third-order valence-electron chi connectivity index (χ3n) is 4.16. The zero-order valence-electron chi connectivity index (χ0n) is 15.6. The van der Waals surface area contributed by atoms with Crippen LogP contribution in [0.25, 0.3) is 10.9 Å². The summed E-state index contributed by atoms with van der Waals surface area (Å²) < 4.78 is 15.1. The van der Waals surface area contributed by atoms with Crippen LogP contribution >= 0.6 is 0 Å². The second kappa shape index (κ2) is 7.91. The highest BCUT2D eigenvalue weighted by atomic mass is 16.5. The molecule has 0 bridgehead atoms. The third-order valence-corrected chi connectivity index (χ3v) is 4.16. The van der Waals surface area contributed by atoms with Gasteiger partial charge in [0.1, 0.15) is 18.2 Å². The van der Waals surface area contributed by atoms with E-state index in [2.05, 4.69) is 14.7 Å². The van der Waals surface area contributed by atoms with Crippen molar-refractivity contribution in [3.8, 4) is 5.75 Å². The number of H-pyrrole nitrogens is 1. The number of ether oxygens (including phenoxy) is 3. The van der Waals surface area contributed by atoms with Crippen molar-refractivity contribution < 1.29 is 23.8 Å². The molecule has 1 heterocycles. The summed E-state index contributed by atoms with van der Waals surface area (Å²) in [7, 11) is 2.78. The number of benzene rings is 2. The molecular formula is C20H18N2O6. The van der Waals surface area contributed by atoms with Crippen LogP contribution in [-0.2, 0) is 16.1 Å². The summed E-state index contributed by atoms with van der Waals surface area (Å²) in [5.74, 6) is -0.386. The number of esters is 2. The average molecular weight is 382 g/mol. The van der Waals surface area contributed by atoms with Crippen molar-refractivity contribution in [1.29, 1.82) is 0 Å². The molecule has 0 amide bonds. The maximum Gasteiger partial charge on any atom is 0.338 e. The van der Waals surface area contributed by atoms with E-state index in [1.807, 2.05) is 6.92 Å². The largest absolute Gasteiger partial charge is 0.496 e. The van der Waals surface area contributed by atoms with Crippen molar-refractivity contribution in [3.63, 3.8) is 0 Å². The van der Waals surface area contributed by atoms with Crippen LogP contribution in [0.15, 0.2) is 41.2 Å². The highest BCUT2D eigenvalue weighted by Gasteiger charge is 2.13. The molecule has 0 aliphatic heterocycles. The van der Waals surface area contributed by atoms with E-state index >= 15 is 0 Å². The van der Waals surface area contributed by atoms with Gasteiger partial charge < -0.3 is 19.2 Å². The highest BCUT2D eigenvalue weighted by molar-refractivity contribution is 5.94. The molecular weight excluding hydrogens is 364 g/mol. The summed E-state index contributed by atoms with van der Waals surface area (Å²) in [6, 6.07) is 9.38. The van der Waals surface area contributed by atoms with E-state index in [-0.39, 0.29) is 18.0 Å². The Labute approximate surface area is 160 Å². The minimum Gasteiger partial charge on any atom is -0.496 e. The maximum atomic E-state index is 12.3. The fourth-order valence-electron chi connectivity index (χ4n) is 2.67. The third kappa shape index (κ3) is 3.85. The molecule has 3 aromatic rings. The van der Waals surface area contributed by atoms with Crippen LogP contribution in [0.3, 0.4) is 0 Å².